The Morgan fingerprint density at radius 2 is 2.07 bits per heavy atom. The Morgan fingerprint density at radius 3 is 2.93 bits per heavy atom. The first kappa shape index (κ1) is 8.77. The monoisotopic (exact) mass is 204 g/mol. The molecule has 0 saturated heterocycles. The van der Waals surface area contributed by atoms with Crippen molar-refractivity contribution in [1.29, 1.82) is 0 Å². The van der Waals surface area contributed by atoms with Crippen molar-refractivity contribution in [2.75, 3.05) is 13.2 Å². The molecule has 0 aromatic heterocycles. The molecule has 1 unspecified atom stereocenters. The summed E-state index contributed by atoms with van der Waals surface area (Å²) < 4.78 is 11.2. The van der Waals surface area contributed by atoms with E-state index in [1.165, 1.54) is 5.56 Å². The summed E-state index contributed by atoms with van der Waals surface area (Å²) in [4.78, 5) is 10.9. The molecule has 3 heteroatoms. The van der Waals surface area contributed by atoms with Gasteiger partial charge in [0, 0.05) is 23.5 Å². The summed E-state index contributed by atoms with van der Waals surface area (Å²) in [6.45, 7) is 1.33. The van der Waals surface area contributed by atoms with Crippen molar-refractivity contribution in [3.05, 3.63) is 23.3 Å². The van der Waals surface area contributed by atoms with Gasteiger partial charge in [0.05, 0.1) is 13.2 Å². The van der Waals surface area contributed by atoms with Crippen LogP contribution in [-0.2, 0) is 11.2 Å². The third kappa shape index (κ3) is 1.23. The number of carbonyl (C=O) groups excluding carboxylic acids is 1. The van der Waals surface area contributed by atoms with E-state index in [0.717, 1.165) is 42.8 Å². The van der Waals surface area contributed by atoms with Crippen molar-refractivity contribution in [2.45, 2.75) is 18.8 Å². The van der Waals surface area contributed by atoms with Crippen LogP contribution in [0.1, 0.15) is 23.5 Å². The maximum Gasteiger partial charge on any atom is 0.165 e. The molecule has 1 aromatic carbocycles. The molecule has 0 N–H and O–H groups in total. The number of hydrogen-bond donors (Lipinski definition) is 0. The number of rotatable bonds is 1. The van der Waals surface area contributed by atoms with Gasteiger partial charge in [-0.25, -0.2) is 0 Å². The summed E-state index contributed by atoms with van der Waals surface area (Å²) in [6, 6.07) is 4.05. The fourth-order valence-electron chi connectivity index (χ4n) is 2.26. The molecule has 0 fully saturated rings. The Morgan fingerprint density at radius 1 is 1.20 bits per heavy atom. The van der Waals surface area contributed by atoms with Gasteiger partial charge in [0.25, 0.3) is 0 Å². The number of carbonyl (C=O) groups is 1. The van der Waals surface area contributed by atoms with Gasteiger partial charge in [-0.05, 0) is 6.42 Å². The molecule has 2 aliphatic rings. The number of ether oxygens (including phenoxy) is 2. The van der Waals surface area contributed by atoms with Gasteiger partial charge in [-0.2, -0.15) is 0 Å². The van der Waals surface area contributed by atoms with E-state index >= 15 is 0 Å². The van der Waals surface area contributed by atoms with Crippen LogP contribution in [0.25, 0.3) is 0 Å². The highest BCUT2D eigenvalue weighted by atomic mass is 16.5. The summed E-state index contributed by atoms with van der Waals surface area (Å²) in [6.07, 6.45) is 2.72. The molecule has 0 amide bonds. The highest BCUT2D eigenvalue weighted by Gasteiger charge is 2.27. The highest BCUT2D eigenvalue weighted by Crippen LogP contribution is 2.44. The summed E-state index contributed by atoms with van der Waals surface area (Å²) in [5, 5.41) is 0. The van der Waals surface area contributed by atoms with Gasteiger partial charge in [-0.15, -0.1) is 0 Å². The minimum Gasteiger partial charge on any atom is -0.489 e. The Balaban J connectivity index is 2.15. The third-order valence-corrected chi connectivity index (χ3v) is 3.08. The van der Waals surface area contributed by atoms with Crippen LogP contribution >= 0.6 is 0 Å². The number of hydrogen-bond acceptors (Lipinski definition) is 3. The van der Waals surface area contributed by atoms with Gasteiger partial charge in [0.15, 0.2) is 11.5 Å². The van der Waals surface area contributed by atoms with Crippen molar-refractivity contribution in [3.63, 3.8) is 0 Å². The number of fused-ring (bicyclic) bond motifs is 3. The summed E-state index contributed by atoms with van der Waals surface area (Å²) in [5.41, 5.74) is 2.18. The van der Waals surface area contributed by atoms with E-state index in [9.17, 15) is 4.79 Å². The van der Waals surface area contributed by atoms with Crippen LogP contribution in [0, 0.1) is 0 Å². The zero-order chi connectivity index (χ0) is 10.3. The van der Waals surface area contributed by atoms with Crippen LogP contribution in [0.3, 0.4) is 0 Å². The second kappa shape index (κ2) is 3.26. The molecular formula is C12H12O3. The molecule has 2 aliphatic heterocycles. The summed E-state index contributed by atoms with van der Waals surface area (Å²) >= 11 is 0. The quantitative estimate of drug-likeness (QED) is 0.653. The lowest BCUT2D eigenvalue weighted by Gasteiger charge is -2.23. The molecule has 0 bridgehead atoms. The van der Waals surface area contributed by atoms with Gasteiger partial charge < -0.3 is 14.3 Å². The fraction of sp³-hybridized carbons (Fsp3) is 0.417. The van der Waals surface area contributed by atoms with Gasteiger partial charge >= 0.3 is 0 Å². The van der Waals surface area contributed by atoms with E-state index in [-0.39, 0.29) is 5.92 Å². The molecule has 0 saturated carbocycles. The van der Waals surface area contributed by atoms with Crippen LogP contribution in [0.5, 0.6) is 11.5 Å². The number of aldehydes is 1. The summed E-state index contributed by atoms with van der Waals surface area (Å²) in [5.74, 6) is 1.63. The van der Waals surface area contributed by atoms with Gasteiger partial charge in [0.1, 0.15) is 6.29 Å². The van der Waals surface area contributed by atoms with Crippen LogP contribution in [0.2, 0.25) is 0 Å². The Hall–Kier alpha value is -1.51. The molecule has 3 rings (SSSR count). The Bertz CT molecular complexity index is 412. The summed E-state index contributed by atoms with van der Waals surface area (Å²) in [7, 11) is 0. The van der Waals surface area contributed by atoms with E-state index in [2.05, 4.69) is 0 Å². The lowest BCUT2D eigenvalue weighted by Crippen LogP contribution is -2.15. The molecule has 0 radical (unpaired) electrons. The average Bonchev–Trinajstić information content (AvgIpc) is 2.76. The fourth-order valence-corrected chi connectivity index (χ4v) is 2.26. The molecule has 0 spiro atoms. The molecule has 15 heavy (non-hydrogen) atoms. The molecule has 0 aliphatic carbocycles. The maximum absolute atomic E-state index is 10.9. The molecule has 3 nitrogen and oxygen atoms in total. The molecule has 1 atom stereocenters. The predicted octanol–water partition coefficient (Wildman–Crippen LogP) is 1.69. The van der Waals surface area contributed by atoms with Crippen molar-refractivity contribution in [3.8, 4) is 11.5 Å². The standard InChI is InChI=1S/C12H12O3/c13-7-9-4-6-15-12-10(9)2-1-8-3-5-14-11(8)12/h1-2,7,9H,3-6H2. The van der Waals surface area contributed by atoms with Crippen LogP contribution < -0.4 is 9.47 Å². The van der Waals surface area contributed by atoms with Gasteiger partial charge in [-0.1, -0.05) is 12.1 Å². The van der Waals surface area contributed by atoms with Crippen LogP contribution in [0.15, 0.2) is 12.1 Å². The van der Waals surface area contributed by atoms with Crippen LogP contribution in [-0.4, -0.2) is 19.5 Å². The maximum atomic E-state index is 10.9. The zero-order valence-electron chi connectivity index (χ0n) is 8.36. The molecule has 78 valence electrons. The molecule has 1 aromatic rings. The normalized spacial score (nSPS) is 22.3. The van der Waals surface area contributed by atoms with E-state index in [0.29, 0.717) is 6.61 Å². The highest BCUT2D eigenvalue weighted by molar-refractivity contribution is 5.68. The van der Waals surface area contributed by atoms with E-state index < -0.39 is 0 Å². The SMILES string of the molecule is O=CC1CCOc2c1ccc1c2OCC1. The Labute approximate surface area is 88.0 Å². The van der Waals surface area contributed by atoms with Crippen molar-refractivity contribution < 1.29 is 14.3 Å². The van der Waals surface area contributed by atoms with Crippen molar-refractivity contribution in [2.24, 2.45) is 0 Å². The molecular weight excluding hydrogens is 192 g/mol. The Kier molecular flexibility index (Phi) is 1.91. The lowest BCUT2D eigenvalue weighted by atomic mass is 9.93. The second-order valence-electron chi connectivity index (χ2n) is 3.95. The van der Waals surface area contributed by atoms with E-state index in [4.69, 9.17) is 9.47 Å². The average molecular weight is 204 g/mol. The first-order valence-corrected chi connectivity index (χ1v) is 5.27. The van der Waals surface area contributed by atoms with Gasteiger partial charge in [-0.3, -0.25) is 0 Å². The topological polar surface area (TPSA) is 35.5 Å². The largest absolute Gasteiger partial charge is 0.489 e. The number of benzene rings is 1. The smallest absolute Gasteiger partial charge is 0.165 e. The van der Waals surface area contributed by atoms with Crippen LogP contribution in [0.4, 0.5) is 0 Å². The van der Waals surface area contributed by atoms with Gasteiger partial charge in [0.2, 0.25) is 0 Å². The zero-order valence-corrected chi connectivity index (χ0v) is 8.36. The lowest BCUT2D eigenvalue weighted by molar-refractivity contribution is -0.109. The van der Waals surface area contributed by atoms with Crippen molar-refractivity contribution in [1.82, 2.24) is 0 Å². The third-order valence-electron chi connectivity index (χ3n) is 3.08. The second-order valence-corrected chi connectivity index (χ2v) is 3.95. The van der Waals surface area contributed by atoms with E-state index in [1.54, 1.807) is 0 Å². The molecule has 2 heterocycles. The predicted molar refractivity (Wildman–Crippen MR) is 54.6 cm³/mol. The first-order valence-electron chi connectivity index (χ1n) is 5.27. The van der Waals surface area contributed by atoms with Crippen molar-refractivity contribution >= 4 is 6.29 Å². The van der Waals surface area contributed by atoms with E-state index in [1.807, 2.05) is 12.1 Å². The minimum absolute atomic E-state index is 0.0248. The first-order chi connectivity index (χ1) is 7.40. The minimum atomic E-state index is -0.0248.